The molecule has 21 heavy (non-hydrogen) atoms. The SMILES string of the molecule is CCOC(=O)C1CCCN(C(=O)C(=O)N2CCCCC2)C1. The highest BCUT2D eigenvalue weighted by Gasteiger charge is 2.34. The molecule has 0 N–H and O–H groups in total. The van der Waals surface area contributed by atoms with Crippen molar-refractivity contribution in [2.24, 2.45) is 5.92 Å². The Bertz CT molecular complexity index is 404. The molecule has 0 aromatic rings. The van der Waals surface area contributed by atoms with Gasteiger partial charge in [-0.2, -0.15) is 0 Å². The average molecular weight is 296 g/mol. The van der Waals surface area contributed by atoms with Gasteiger partial charge in [-0.05, 0) is 39.0 Å². The van der Waals surface area contributed by atoms with Crippen LogP contribution in [-0.4, -0.2) is 60.4 Å². The van der Waals surface area contributed by atoms with Gasteiger partial charge in [0.05, 0.1) is 12.5 Å². The number of hydrogen-bond acceptors (Lipinski definition) is 4. The van der Waals surface area contributed by atoms with Crippen LogP contribution >= 0.6 is 0 Å². The molecular weight excluding hydrogens is 272 g/mol. The minimum Gasteiger partial charge on any atom is -0.466 e. The second-order valence-electron chi connectivity index (χ2n) is 5.70. The van der Waals surface area contributed by atoms with Crippen molar-refractivity contribution in [1.29, 1.82) is 0 Å². The molecule has 1 atom stereocenters. The molecule has 0 aromatic carbocycles. The van der Waals surface area contributed by atoms with E-state index in [-0.39, 0.29) is 11.9 Å². The maximum absolute atomic E-state index is 12.3. The molecule has 2 rings (SSSR count). The lowest BCUT2D eigenvalue weighted by Crippen LogP contribution is -2.50. The largest absolute Gasteiger partial charge is 0.466 e. The first-order chi connectivity index (χ1) is 10.1. The number of likely N-dealkylation sites (tertiary alicyclic amines) is 2. The van der Waals surface area contributed by atoms with Crippen LogP contribution in [0.25, 0.3) is 0 Å². The maximum atomic E-state index is 12.3. The molecule has 0 aliphatic carbocycles. The Balaban J connectivity index is 1.92. The van der Waals surface area contributed by atoms with E-state index in [0.717, 1.165) is 32.1 Å². The molecule has 2 saturated heterocycles. The summed E-state index contributed by atoms with van der Waals surface area (Å²) in [4.78, 5) is 39.5. The smallest absolute Gasteiger partial charge is 0.312 e. The number of rotatable bonds is 2. The van der Waals surface area contributed by atoms with Gasteiger partial charge in [0.15, 0.2) is 0 Å². The van der Waals surface area contributed by atoms with E-state index in [2.05, 4.69) is 0 Å². The van der Waals surface area contributed by atoms with Gasteiger partial charge in [0.25, 0.3) is 0 Å². The average Bonchev–Trinajstić information content (AvgIpc) is 2.54. The second kappa shape index (κ2) is 7.43. The molecule has 0 saturated carbocycles. The Morgan fingerprint density at radius 1 is 0.952 bits per heavy atom. The first kappa shape index (κ1) is 15.8. The highest BCUT2D eigenvalue weighted by atomic mass is 16.5. The van der Waals surface area contributed by atoms with Crippen molar-refractivity contribution in [2.75, 3.05) is 32.8 Å². The Hall–Kier alpha value is -1.59. The molecule has 0 radical (unpaired) electrons. The monoisotopic (exact) mass is 296 g/mol. The van der Waals surface area contributed by atoms with Crippen LogP contribution in [0.4, 0.5) is 0 Å². The summed E-state index contributed by atoms with van der Waals surface area (Å²) in [6.45, 7) is 4.30. The molecule has 2 aliphatic rings. The van der Waals surface area contributed by atoms with Crippen molar-refractivity contribution in [1.82, 2.24) is 9.80 Å². The van der Waals surface area contributed by atoms with Crippen LogP contribution in [-0.2, 0) is 19.1 Å². The first-order valence-electron chi connectivity index (χ1n) is 7.88. The lowest BCUT2D eigenvalue weighted by molar-refractivity contribution is -0.157. The van der Waals surface area contributed by atoms with Gasteiger partial charge in [0, 0.05) is 26.2 Å². The molecule has 2 amide bonds. The Morgan fingerprint density at radius 3 is 2.24 bits per heavy atom. The summed E-state index contributed by atoms with van der Waals surface area (Å²) in [5, 5.41) is 0. The van der Waals surface area contributed by atoms with Gasteiger partial charge in [0.1, 0.15) is 0 Å². The number of ether oxygens (including phenoxy) is 1. The van der Waals surface area contributed by atoms with Gasteiger partial charge in [-0.1, -0.05) is 0 Å². The van der Waals surface area contributed by atoms with Crippen LogP contribution < -0.4 is 0 Å². The Labute approximate surface area is 125 Å². The van der Waals surface area contributed by atoms with Gasteiger partial charge in [-0.3, -0.25) is 14.4 Å². The molecule has 6 heteroatoms. The predicted molar refractivity (Wildman–Crippen MR) is 76.4 cm³/mol. The minimum absolute atomic E-state index is 0.263. The first-order valence-corrected chi connectivity index (χ1v) is 7.88. The van der Waals surface area contributed by atoms with Crippen LogP contribution in [0.3, 0.4) is 0 Å². The van der Waals surface area contributed by atoms with E-state index in [0.29, 0.717) is 32.8 Å². The summed E-state index contributed by atoms with van der Waals surface area (Å²) in [5.41, 5.74) is 0. The van der Waals surface area contributed by atoms with Gasteiger partial charge in [0.2, 0.25) is 0 Å². The summed E-state index contributed by atoms with van der Waals surface area (Å²) in [7, 11) is 0. The summed E-state index contributed by atoms with van der Waals surface area (Å²) >= 11 is 0. The topological polar surface area (TPSA) is 66.9 Å². The van der Waals surface area contributed by atoms with E-state index in [1.165, 1.54) is 4.90 Å². The molecule has 118 valence electrons. The normalized spacial score (nSPS) is 22.8. The molecule has 0 spiro atoms. The fourth-order valence-electron chi connectivity index (χ4n) is 2.98. The molecule has 0 aromatic heterocycles. The third kappa shape index (κ3) is 3.95. The van der Waals surface area contributed by atoms with Crippen LogP contribution in [0, 0.1) is 5.92 Å². The van der Waals surface area contributed by atoms with Crippen molar-refractivity contribution < 1.29 is 19.1 Å². The number of hydrogen-bond donors (Lipinski definition) is 0. The van der Waals surface area contributed by atoms with E-state index >= 15 is 0 Å². The van der Waals surface area contributed by atoms with E-state index in [9.17, 15) is 14.4 Å². The predicted octanol–water partition coefficient (Wildman–Crippen LogP) is 0.801. The number of amides is 2. The number of carbonyl (C=O) groups excluding carboxylic acids is 3. The lowest BCUT2D eigenvalue weighted by atomic mass is 9.98. The molecule has 2 aliphatic heterocycles. The standard InChI is InChI=1S/C15H24N2O4/c1-2-21-15(20)12-7-6-10-17(11-12)14(19)13(18)16-8-4-3-5-9-16/h12H,2-11H2,1H3. The summed E-state index contributed by atoms with van der Waals surface area (Å²) < 4.78 is 5.01. The number of nitrogens with zero attached hydrogens (tertiary/aromatic N) is 2. The number of piperidine rings is 2. The minimum atomic E-state index is -0.467. The van der Waals surface area contributed by atoms with Crippen LogP contribution in [0.1, 0.15) is 39.0 Å². The Kier molecular flexibility index (Phi) is 5.59. The van der Waals surface area contributed by atoms with Crippen molar-refractivity contribution >= 4 is 17.8 Å². The van der Waals surface area contributed by atoms with Crippen LogP contribution in [0.15, 0.2) is 0 Å². The van der Waals surface area contributed by atoms with Crippen LogP contribution in [0.5, 0.6) is 0 Å². The molecule has 2 fully saturated rings. The third-order valence-corrected chi connectivity index (χ3v) is 4.15. The van der Waals surface area contributed by atoms with Crippen molar-refractivity contribution in [3.05, 3.63) is 0 Å². The maximum Gasteiger partial charge on any atom is 0.312 e. The number of carbonyl (C=O) groups is 3. The Morgan fingerprint density at radius 2 is 1.57 bits per heavy atom. The second-order valence-corrected chi connectivity index (χ2v) is 5.70. The lowest BCUT2D eigenvalue weighted by Gasteiger charge is -2.33. The third-order valence-electron chi connectivity index (χ3n) is 4.15. The van der Waals surface area contributed by atoms with E-state index in [1.54, 1.807) is 11.8 Å². The van der Waals surface area contributed by atoms with Crippen molar-refractivity contribution in [3.8, 4) is 0 Å². The van der Waals surface area contributed by atoms with E-state index in [1.807, 2.05) is 0 Å². The fraction of sp³-hybridized carbons (Fsp3) is 0.800. The highest BCUT2D eigenvalue weighted by molar-refractivity contribution is 6.34. The van der Waals surface area contributed by atoms with Crippen LogP contribution in [0.2, 0.25) is 0 Å². The zero-order chi connectivity index (χ0) is 15.2. The van der Waals surface area contributed by atoms with E-state index < -0.39 is 11.8 Å². The van der Waals surface area contributed by atoms with Gasteiger partial charge in [-0.15, -0.1) is 0 Å². The molecule has 1 unspecified atom stereocenters. The summed E-state index contributed by atoms with van der Waals surface area (Å²) in [5.74, 6) is -1.44. The number of esters is 1. The van der Waals surface area contributed by atoms with Crippen molar-refractivity contribution in [3.63, 3.8) is 0 Å². The highest BCUT2D eigenvalue weighted by Crippen LogP contribution is 2.19. The van der Waals surface area contributed by atoms with Gasteiger partial charge in [-0.25, -0.2) is 0 Å². The summed E-state index contributed by atoms with van der Waals surface area (Å²) in [6.07, 6.45) is 4.50. The molecule has 6 nitrogen and oxygen atoms in total. The van der Waals surface area contributed by atoms with Gasteiger partial charge < -0.3 is 14.5 Å². The zero-order valence-electron chi connectivity index (χ0n) is 12.7. The van der Waals surface area contributed by atoms with E-state index in [4.69, 9.17) is 4.74 Å². The fourth-order valence-corrected chi connectivity index (χ4v) is 2.98. The molecule has 2 heterocycles. The quantitative estimate of drug-likeness (QED) is 0.558. The molecule has 0 bridgehead atoms. The summed E-state index contributed by atoms with van der Waals surface area (Å²) in [6, 6.07) is 0. The molecular formula is C15H24N2O4. The zero-order valence-corrected chi connectivity index (χ0v) is 12.7. The van der Waals surface area contributed by atoms with Gasteiger partial charge >= 0.3 is 17.8 Å². The van der Waals surface area contributed by atoms with Crippen molar-refractivity contribution in [2.45, 2.75) is 39.0 Å².